The Morgan fingerprint density at radius 1 is 1.12 bits per heavy atom. The molecule has 1 rings (SSSR count). The van der Waals surface area contributed by atoms with Crippen molar-refractivity contribution >= 4 is 0 Å². The summed E-state index contributed by atoms with van der Waals surface area (Å²) < 4.78 is 5.45. The van der Waals surface area contributed by atoms with Gasteiger partial charge in [0.1, 0.15) is 12.7 Å². The topological polar surface area (TPSA) is 49.0 Å². The van der Waals surface area contributed by atoms with Crippen LogP contribution in [0.25, 0.3) is 0 Å². The molecular weight excluding hydrogens is 204 g/mol. The maximum atomic E-state index is 10.8. The van der Waals surface area contributed by atoms with E-state index in [9.17, 15) is 10.2 Å². The van der Waals surface area contributed by atoms with Gasteiger partial charge in [-0.15, -0.1) is 0 Å². The Balaban J connectivity index is 1.96. The van der Waals surface area contributed by atoms with Gasteiger partial charge in [-0.2, -0.15) is 0 Å². The van der Waals surface area contributed by atoms with E-state index in [0.29, 0.717) is 19.6 Å². The van der Waals surface area contributed by atoms with Crippen LogP contribution >= 0.6 is 0 Å². The molecule has 88 valence electrons. The summed E-state index contributed by atoms with van der Waals surface area (Å²) in [6, 6.07) is 9.97. The fourth-order valence-electron chi connectivity index (χ4n) is 1.42. The highest BCUT2D eigenvalue weighted by molar-refractivity contribution is 5.13. The molecule has 1 aromatic carbocycles. The molecule has 0 amide bonds. The van der Waals surface area contributed by atoms with E-state index in [0.717, 1.165) is 18.4 Å². The molecule has 0 aliphatic carbocycles. The van der Waals surface area contributed by atoms with Crippen molar-refractivity contribution in [2.24, 2.45) is 0 Å². The third-order valence-electron chi connectivity index (χ3n) is 2.36. The fourth-order valence-corrected chi connectivity index (χ4v) is 1.42. The Morgan fingerprint density at radius 3 is 2.56 bits per heavy atom. The zero-order valence-corrected chi connectivity index (χ0v) is 9.43. The summed E-state index contributed by atoms with van der Waals surface area (Å²) >= 11 is 0. The zero-order chi connectivity index (χ0) is 11.6. The van der Waals surface area contributed by atoms with Crippen LogP contribution in [0.3, 0.4) is 0 Å². The molecule has 0 heterocycles. The summed E-state index contributed by atoms with van der Waals surface area (Å²) in [6.07, 6.45) is 1.17. The maximum Gasteiger partial charge on any atom is 0.119 e. The van der Waals surface area contributed by atoms with E-state index in [4.69, 9.17) is 4.74 Å². The van der Waals surface area contributed by atoms with E-state index < -0.39 is 12.7 Å². The normalized spacial score (nSPS) is 12.6. The van der Waals surface area contributed by atoms with Crippen molar-refractivity contribution in [3.8, 4) is 0 Å². The molecule has 0 aliphatic heterocycles. The van der Waals surface area contributed by atoms with Gasteiger partial charge in [-0.3, -0.25) is 0 Å². The third kappa shape index (κ3) is 5.85. The van der Waals surface area contributed by atoms with Crippen molar-refractivity contribution in [3.05, 3.63) is 35.9 Å². The predicted molar refractivity (Wildman–Crippen MR) is 60.0 cm³/mol. The van der Waals surface area contributed by atoms with Crippen LogP contribution in [0.1, 0.15) is 24.8 Å². The maximum absolute atomic E-state index is 10.8. The van der Waals surface area contributed by atoms with Gasteiger partial charge in [-0.05, 0) is 24.8 Å². The molecule has 0 saturated carbocycles. The molecule has 0 bridgehead atoms. The first-order valence-electron chi connectivity index (χ1n) is 5.68. The molecule has 0 fully saturated rings. The van der Waals surface area contributed by atoms with Crippen LogP contribution < -0.4 is 0 Å². The van der Waals surface area contributed by atoms with Gasteiger partial charge in [0.15, 0.2) is 0 Å². The summed E-state index contributed by atoms with van der Waals surface area (Å²) in [5.74, 6) is 0. The Hall–Kier alpha value is -0.900. The SMILES string of the molecule is [O]CC([O])CCCCOCc1ccccc1. The minimum Gasteiger partial charge on any atom is -0.377 e. The van der Waals surface area contributed by atoms with Gasteiger partial charge in [-0.25, -0.2) is 10.2 Å². The lowest BCUT2D eigenvalue weighted by atomic mass is 10.2. The van der Waals surface area contributed by atoms with Crippen LogP contribution in [0.5, 0.6) is 0 Å². The molecule has 0 spiro atoms. The number of hydrogen-bond acceptors (Lipinski definition) is 1. The van der Waals surface area contributed by atoms with Crippen LogP contribution in [0.15, 0.2) is 30.3 Å². The molecule has 1 atom stereocenters. The number of unbranched alkanes of at least 4 members (excludes halogenated alkanes) is 1. The number of ether oxygens (including phenoxy) is 1. The molecule has 1 aromatic rings. The van der Waals surface area contributed by atoms with E-state index in [-0.39, 0.29) is 0 Å². The van der Waals surface area contributed by atoms with Crippen LogP contribution in [0.2, 0.25) is 0 Å². The van der Waals surface area contributed by atoms with Gasteiger partial charge in [-0.1, -0.05) is 30.3 Å². The Bertz CT molecular complexity index is 261. The number of rotatable bonds is 8. The standard InChI is InChI=1S/C13H18O3/c14-10-13(15)8-4-5-9-16-11-12-6-2-1-3-7-12/h1-3,6-7,13H,4-5,8-11H2. The lowest BCUT2D eigenvalue weighted by Gasteiger charge is -2.05. The van der Waals surface area contributed by atoms with Crippen molar-refractivity contribution < 1.29 is 14.9 Å². The predicted octanol–water partition coefficient (Wildman–Crippen LogP) is 2.60. The van der Waals surface area contributed by atoms with Gasteiger partial charge in [0.2, 0.25) is 0 Å². The molecular formula is C13H18O3. The van der Waals surface area contributed by atoms with Crippen LogP contribution in [-0.2, 0) is 21.6 Å². The van der Waals surface area contributed by atoms with Gasteiger partial charge in [0.05, 0.1) is 6.61 Å². The fraction of sp³-hybridized carbons (Fsp3) is 0.538. The first-order chi connectivity index (χ1) is 7.83. The molecule has 16 heavy (non-hydrogen) atoms. The number of benzene rings is 1. The molecule has 0 aromatic heterocycles. The summed E-state index contributed by atoms with van der Waals surface area (Å²) in [7, 11) is 0. The highest BCUT2D eigenvalue weighted by atomic mass is 16.5. The zero-order valence-electron chi connectivity index (χ0n) is 9.43. The second kappa shape index (κ2) is 8.28. The highest BCUT2D eigenvalue weighted by Crippen LogP contribution is 2.04. The highest BCUT2D eigenvalue weighted by Gasteiger charge is 2.03. The first-order valence-corrected chi connectivity index (χ1v) is 5.68. The van der Waals surface area contributed by atoms with Gasteiger partial charge >= 0.3 is 0 Å². The lowest BCUT2D eigenvalue weighted by Crippen LogP contribution is -2.08. The average Bonchev–Trinajstić information content (AvgIpc) is 2.34. The molecule has 0 aliphatic rings. The molecule has 3 heteroatoms. The van der Waals surface area contributed by atoms with Crippen molar-refractivity contribution in [2.75, 3.05) is 13.2 Å². The second-order valence-corrected chi connectivity index (χ2v) is 3.82. The van der Waals surface area contributed by atoms with E-state index in [2.05, 4.69) is 0 Å². The summed E-state index contributed by atoms with van der Waals surface area (Å²) in [5.41, 5.74) is 1.16. The minimum atomic E-state index is -0.936. The van der Waals surface area contributed by atoms with Crippen molar-refractivity contribution in [1.82, 2.24) is 0 Å². The molecule has 3 nitrogen and oxygen atoms in total. The summed E-state index contributed by atoms with van der Waals surface area (Å²) in [6.45, 7) is 0.758. The second-order valence-electron chi connectivity index (χ2n) is 3.82. The van der Waals surface area contributed by atoms with E-state index in [1.54, 1.807) is 0 Å². The van der Waals surface area contributed by atoms with E-state index in [1.807, 2.05) is 30.3 Å². The largest absolute Gasteiger partial charge is 0.377 e. The molecule has 0 N–H and O–H groups in total. The Morgan fingerprint density at radius 2 is 1.88 bits per heavy atom. The van der Waals surface area contributed by atoms with E-state index >= 15 is 0 Å². The Labute approximate surface area is 96.7 Å². The van der Waals surface area contributed by atoms with Gasteiger partial charge < -0.3 is 4.74 Å². The lowest BCUT2D eigenvalue weighted by molar-refractivity contribution is -0.000205. The summed E-state index contributed by atoms with van der Waals surface area (Å²) in [5, 5.41) is 21.0. The van der Waals surface area contributed by atoms with Crippen molar-refractivity contribution in [2.45, 2.75) is 32.0 Å². The Kier molecular flexibility index (Phi) is 6.81. The van der Waals surface area contributed by atoms with Gasteiger partial charge in [0.25, 0.3) is 0 Å². The number of hydrogen-bond donors (Lipinski definition) is 0. The summed E-state index contributed by atoms with van der Waals surface area (Å²) in [4.78, 5) is 0. The monoisotopic (exact) mass is 222 g/mol. The smallest absolute Gasteiger partial charge is 0.119 e. The van der Waals surface area contributed by atoms with Crippen LogP contribution in [-0.4, -0.2) is 19.3 Å². The van der Waals surface area contributed by atoms with Crippen LogP contribution in [0.4, 0.5) is 0 Å². The third-order valence-corrected chi connectivity index (χ3v) is 2.36. The van der Waals surface area contributed by atoms with Crippen molar-refractivity contribution in [1.29, 1.82) is 0 Å². The molecule has 0 saturated heterocycles. The quantitative estimate of drug-likeness (QED) is 0.624. The van der Waals surface area contributed by atoms with E-state index in [1.165, 1.54) is 0 Å². The van der Waals surface area contributed by atoms with Gasteiger partial charge in [0, 0.05) is 6.61 Å². The minimum absolute atomic E-state index is 0.470. The van der Waals surface area contributed by atoms with Crippen molar-refractivity contribution in [3.63, 3.8) is 0 Å². The van der Waals surface area contributed by atoms with Crippen LogP contribution in [0, 0.1) is 0 Å². The molecule has 2 radical (unpaired) electrons. The molecule has 1 unspecified atom stereocenters. The first kappa shape index (κ1) is 13.2. The average molecular weight is 222 g/mol.